The normalized spacial score (nSPS) is 10.5. The van der Waals surface area contributed by atoms with Gasteiger partial charge in [0.2, 0.25) is 0 Å². The fraction of sp³-hybridized carbons (Fsp3) is 0.500. The van der Waals surface area contributed by atoms with Crippen molar-refractivity contribution < 1.29 is 19.0 Å². The Balaban J connectivity index is 0.00000529. The van der Waals surface area contributed by atoms with Crippen molar-refractivity contribution in [2.75, 3.05) is 40.5 Å². The van der Waals surface area contributed by atoms with Crippen molar-refractivity contribution in [2.45, 2.75) is 20.3 Å². The maximum Gasteiger partial charge on any atom is 0.330 e. The van der Waals surface area contributed by atoms with E-state index in [0.717, 1.165) is 31.6 Å². The van der Waals surface area contributed by atoms with Crippen LogP contribution in [-0.2, 0) is 9.53 Å². The van der Waals surface area contributed by atoms with Crippen molar-refractivity contribution in [3.05, 3.63) is 29.8 Å². The highest BCUT2D eigenvalue weighted by atomic mass is 35.5. The van der Waals surface area contributed by atoms with Gasteiger partial charge in [0.05, 0.1) is 20.8 Å². The summed E-state index contributed by atoms with van der Waals surface area (Å²) >= 11 is 0. The summed E-state index contributed by atoms with van der Waals surface area (Å²) in [5, 5.41) is 0. The van der Waals surface area contributed by atoms with Crippen LogP contribution in [0.1, 0.15) is 25.8 Å². The van der Waals surface area contributed by atoms with Crippen LogP contribution in [0.4, 0.5) is 0 Å². The molecule has 1 rings (SSSR count). The predicted molar refractivity (Wildman–Crippen MR) is 99.2 cm³/mol. The van der Waals surface area contributed by atoms with Crippen LogP contribution in [0.15, 0.2) is 24.3 Å². The van der Waals surface area contributed by atoms with E-state index < -0.39 is 0 Å². The molecule has 0 aliphatic rings. The van der Waals surface area contributed by atoms with Gasteiger partial charge in [-0.2, -0.15) is 0 Å². The lowest BCUT2D eigenvalue weighted by atomic mass is 10.2. The summed E-state index contributed by atoms with van der Waals surface area (Å²) in [6.45, 7) is 7.67. The summed E-state index contributed by atoms with van der Waals surface area (Å²) in [5.74, 6) is 0.949. The number of rotatable bonds is 10. The van der Waals surface area contributed by atoms with Crippen LogP contribution in [0.3, 0.4) is 0 Å². The van der Waals surface area contributed by atoms with E-state index in [-0.39, 0.29) is 18.4 Å². The Morgan fingerprint density at radius 3 is 2.38 bits per heavy atom. The molecule has 0 unspecified atom stereocenters. The lowest BCUT2D eigenvalue weighted by Gasteiger charge is -2.17. The number of carbonyl (C=O) groups is 1. The molecule has 24 heavy (non-hydrogen) atoms. The number of nitrogens with zero attached hydrogens (tertiary/aromatic N) is 1. The first-order valence-electron chi connectivity index (χ1n) is 7.93. The molecule has 0 saturated carbocycles. The quantitative estimate of drug-likeness (QED) is 0.365. The van der Waals surface area contributed by atoms with Gasteiger partial charge in [-0.15, -0.1) is 12.4 Å². The first kappa shape index (κ1) is 22.3. The molecule has 0 bridgehead atoms. The zero-order chi connectivity index (χ0) is 17.1. The van der Waals surface area contributed by atoms with Crippen molar-refractivity contribution >= 4 is 24.5 Å². The average Bonchev–Trinajstić information content (AvgIpc) is 2.59. The van der Waals surface area contributed by atoms with E-state index in [1.807, 2.05) is 12.1 Å². The summed E-state index contributed by atoms with van der Waals surface area (Å²) < 4.78 is 15.6. The number of hydrogen-bond donors (Lipinski definition) is 0. The largest absolute Gasteiger partial charge is 0.493 e. The van der Waals surface area contributed by atoms with E-state index in [4.69, 9.17) is 14.2 Å². The molecule has 0 spiro atoms. The number of carbonyl (C=O) groups excluding carboxylic acids is 1. The second-order valence-corrected chi connectivity index (χ2v) is 5.00. The zero-order valence-electron chi connectivity index (χ0n) is 14.9. The molecule has 136 valence electrons. The van der Waals surface area contributed by atoms with E-state index >= 15 is 0 Å². The van der Waals surface area contributed by atoms with Crippen LogP contribution >= 0.6 is 12.4 Å². The van der Waals surface area contributed by atoms with E-state index in [9.17, 15) is 4.79 Å². The Morgan fingerprint density at radius 1 is 1.12 bits per heavy atom. The van der Waals surface area contributed by atoms with Crippen LogP contribution in [-0.4, -0.2) is 51.3 Å². The van der Waals surface area contributed by atoms with Gasteiger partial charge in [-0.25, -0.2) is 4.79 Å². The summed E-state index contributed by atoms with van der Waals surface area (Å²) in [5.41, 5.74) is 0.850. The highest BCUT2D eigenvalue weighted by Gasteiger charge is 2.04. The van der Waals surface area contributed by atoms with E-state index in [2.05, 4.69) is 18.7 Å². The van der Waals surface area contributed by atoms with E-state index in [1.54, 1.807) is 26.4 Å². The van der Waals surface area contributed by atoms with E-state index in [1.165, 1.54) is 6.08 Å². The lowest BCUT2D eigenvalue weighted by Crippen LogP contribution is -2.25. The van der Waals surface area contributed by atoms with Gasteiger partial charge < -0.3 is 19.1 Å². The SMILES string of the molecule is CCN(CC)CCCOC(=O)/C=C/c1ccc(OC)c(OC)c1.Cl. The van der Waals surface area contributed by atoms with Gasteiger partial charge in [0, 0.05) is 12.6 Å². The summed E-state index contributed by atoms with van der Waals surface area (Å²) in [7, 11) is 3.17. The Kier molecular flexibility index (Phi) is 11.8. The minimum Gasteiger partial charge on any atom is -0.493 e. The molecule has 0 saturated heterocycles. The monoisotopic (exact) mass is 357 g/mol. The van der Waals surface area contributed by atoms with E-state index in [0.29, 0.717) is 18.1 Å². The number of methoxy groups -OCH3 is 2. The number of hydrogen-bond acceptors (Lipinski definition) is 5. The number of halogens is 1. The van der Waals surface area contributed by atoms with Gasteiger partial charge in [0.25, 0.3) is 0 Å². The van der Waals surface area contributed by atoms with Crippen molar-refractivity contribution in [2.24, 2.45) is 0 Å². The standard InChI is InChI=1S/C18H27NO4.ClH/c1-5-19(6-2)12-7-13-23-18(20)11-9-15-8-10-16(21-3)17(14-15)22-4;/h8-11,14H,5-7,12-13H2,1-4H3;1H/b11-9+;. The average molecular weight is 358 g/mol. The minimum atomic E-state index is -0.334. The Morgan fingerprint density at radius 2 is 1.79 bits per heavy atom. The summed E-state index contributed by atoms with van der Waals surface area (Å²) in [6, 6.07) is 5.46. The lowest BCUT2D eigenvalue weighted by molar-refractivity contribution is -0.137. The molecule has 0 fully saturated rings. The fourth-order valence-corrected chi connectivity index (χ4v) is 2.17. The highest BCUT2D eigenvalue weighted by Crippen LogP contribution is 2.27. The Hall–Kier alpha value is -1.72. The molecule has 0 aliphatic carbocycles. The molecule has 0 radical (unpaired) electrons. The molecule has 0 amide bonds. The van der Waals surface area contributed by atoms with Crippen LogP contribution in [0.25, 0.3) is 6.08 Å². The van der Waals surface area contributed by atoms with Gasteiger partial charge in [0.1, 0.15) is 0 Å². The predicted octanol–water partition coefficient (Wildman–Crippen LogP) is 3.41. The van der Waals surface area contributed by atoms with Crippen molar-refractivity contribution in [3.63, 3.8) is 0 Å². The second kappa shape index (κ2) is 12.7. The Labute approximate surface area is 151 Å². The zero-order valence-corrected chi connectivity index (χ0v) is 15.7. The molecule has 5 nitrogen and oxygen atoms in total. The first-order valence-corrected chi connectivity index (χ1v) is 7.93. The van der Waals surface area contributed by atoms with Gasteiger partial charge >= 0.3 is 5.97 Å². The van der Waals surface area contributed by atoms with Crippen LogP contribution in [0, 0.1) is 0 Å². The van der Waals surface area contributed by atoms with Crippen LogP contribution in [0.2, 0.25) is 0 Å². The maximum atomic E-state index is 11.7. The molecule has 0 atom stereocenters. The molecule has 0 heterocycles. The van der Waals surface area contributed by atoms with Gasteiger partial charge in [-0.1, -0.05) is 19.9 Å². The third-order valence-electron chi connectivity index (χ3n) is 3.58. The van der Waals surface area contributed by atoms with Crippen molar-refractivity contribution in [3.8, 4) is 11.5 Å². The maximum absolute atomic E-state index is 11.7. The molecular weight excluding hydrogens is 330 g/mol. The molecule has 1 aromatic rings. The number of ether oxygens (including phenoxy) is 3. The molecule has 0 aromatic heterocycles. The fourth-order valence-electron chi connectivity index (χ4n) is 2.17. The van der Waals surface area contributed by atoms with Gasteiger partial charge in [0.15, 0.2) is 11.5 Å². The molecule has 1 aromatic carbocycles. The van der Waals surface area contributed by atoms with Crippen LogP contribution in [0.5, 0.6) is 11.5 Å². The van der Waals surface area contributed by atoms with Crippen molar-refractivity contribution in [1.29, 1.82) is 0 Å². The smallest absolute Gasteiger partial charge is 0.330 e. The third kappa shape index (κ3) is 7.70. The van der Waals surface area contributed by atoms with Crippen LogP contribution < -0.4 is 9.47 Å². The van der Waals surface area contributed by atoms with Crippen molar-refractivity contribution in [1.82, 2.24) is 4.90 Å². The highest BCUT2D eigenvalue weighted by molar-refractivity contribution is 5.87. The Bertz CT molecular complexity index is 516. The molecule has 0 N–H and O–H groups in total. The summed E-state index contributed by atoms with van der Waals surface area (Å²) in [4.78, 5) is 14.0. The second-order valence-electron chi connectivity index (χ2n) is 5.00. The molecule has 0 aliphatic heterocycles. The number of benzene rings is 1. The summed E-state index contributed by atoms with van der Waals surface area (Å²) in [6.07, 6.45) is 3.98. The van der Waals surface area contributed by atoms with Gasteiger partial charge in [-0.05, 0) is 43.3 Å². The third-order valence-corrected chi connectivity index (χ3v) is 3.58. The topological polar surface area (TPSA) is 48.0 Å². The molecular formula is C18H28ClNO4. The molecule has 6 heteroatoms. The number of esters is 1. The minimum absolute atomic E-state index is 0. The van der Waals surface area contributed by atoms with Gasteiger partial charge in [-0.3, -0.25) is 0 Å². The first-order chi connectivity index (χ1) is 11.1.